The van der Waals surface area contributed by atoms with Crippen LogP contribution in [0, 0.1) is 6.92 Å². The van der Waals surface area contributed by atoms with Gasteiger partial charge in [-0.25, -0.2) is 4.98 Å². The Morgan fingerprint density at radius 1 is 1.17 bits per heavy atom. The molecule has 1 aromatic carbocycles. The number of carbonyl (C=O) groups excluding carboxylic acids is 1. The maximum Gasteiger partial charge on any atom is 0.275 e. The molecule has 7 heteroatoms. The molecule has 0 bridgehead atoms. The summed E-state index contributed by atoms with van der Waals surface area (Å²) in [6, 6.07) is 7.85. The minimum Gasteiger partial charge on any atom is -0.319 e. The number of aromatic nitrogens is 3. The molecule has 0 unspecified atom stereocenters. The van der Waals surface area contributed by atoms with E-state index in [-0.39, 0.29) is 5.91 Å². The standard InChI is InChI=1S/C22H26N6O/c1-16-12-17-4-2-6-24-21(17)19(13-16)27-22(29)20-15-25-18(14-26-20)5-3-9-28-10-7-23-8-11-28/h2,4,6,12-15,23H,3,5,7-11H2,1H3,(H,27,29). The van der Waals surface area contributed by atoms with Gasteiger partial charge in [0.2, 0.25) is 0 Å². The topological polar surface area (TPSA) is 83.0 Å². The van der Waals surface area contributed by atoms with Crippen LogP contribution in [0.5, 0.6) is 0 Å². The molecule has 0 atom stereocenters. The number of rotatable bonds is 6. The zero-order valence-corrected chi connectivity index (χ0v) is 16.7. The van der Waals surface area contributed by atoms with Crippen molar-refractivity contribution in [1.29, 1.82) is 0 Å². The molecule has 4 rings (SSSR count). The first-order valence-corrected chi connectivity index (χ1v) is 10.1. The van der Waals surface area contributed by atoms with Crippen molar-refractivity contribution in [3.63, 3.8) is 0 Å². The molecule has 1 fully saturated rings. The number of carbonyl (C=O) groups is 1. The van der Waals surface area contributed by atoms with Gasteiger partial charge in [-0.1, -0.05) is 6.07 Å². The molecule has 1 aliphatic rings. The zero-order chi connectivity index (χ0) is 20.1. The molecule has 0 radical (unpaired) electrons. The summed E-state index contributed by atoms with van der Waals surface area (Å²) < 4.78 is 0. The summed E-state index contributed by atoms with van der Waals surface area (Å²) in [6.07, 6.45) is 6.90. The van der Waals surface area contributed by atoms with Crippen molar-refractivity contribution in [3.05, 3.63) is 59.8 Å². The Hall–Kier alpha value is -2.90. The summed E-state index contributed by atoms with van der Waals surface area (Å²) in [5, 5.41) is 7.29. The first-order chi connectivity index (χ1) is 14.2. The fourth-order valence-corrected chi connectivity index (χ4v) is 3.64. The van der Waals surface area contributed by atoms with Gasteiger partial charge in [0.25, 0.3) is 5.91 Å². The number of nitrogens with one attached hydrogen (secondary N) is 2. The van der Waals surface area contributed by atoms with E-state index in [1.165, 1.54) is 0 Å². The third kappa shape index (κ3) is 4.93. The number of anilines is 1. The lowest BCUT2D eigenvalue weighted by atomic mass is 10.1. The molecule has 3 heterocycles. The fraction of sp³-hybridized carbons (Fsp3) is 0.364. The van der Waals surface area contributed by atoms with Crippen LogP contribution < -0.4 is 10.6 Å². The lowest BCUT2D eigenvalue weighted by Gasteiger charge is -2.26. The summed E-state index contributed by atoms with van der Waals surface area (Å²) >= 11 is 0. The molecular formula is C22H26N6O. The summed E-state index contributed by atoms with van der Waals surface area (Å²) in [7, 11) is 0. The van der Waals surface area contributed by atoms with Crippen molar-refractivity contribution in [2.45, 2.75) is 19.8 Å². The monoisotopic (exact) mass is 390 g/mol. The molecule has 7 nitrogen and oxygen atoms in total. The third-order valence-corrected chi connectivity index (χ3v) is 5.15. The van der Waals surface area contributed by atoms with E-state index in [2.05, 4.69) is 30.5 Å². The van der Waals surface area contributed by atoms with Gasteiger partial charge >= 0.3 is 0 Å². The summed E-state index contributed by atoms with van der Waals surface area (Å²) in [5.41, 5.74) is 3.74. The largest absolute Gasteiger partial charge is 0.319 e. The molecule has 0 aliphatic carbocycles. The van der Waals surface area contributed by atoms with Crippen molar-refractivity contribution >= 4 is 22.5 Å². The Labute approximate surface area is 170 Å². The van der Waals surface area contributed by atoms with E-state index in [1.54, 1.807) is 18.6 Å². The molecule has 1 amide bonds. The highest BCUT2D eigenvalue weighted by Gasteiger charge is 2.13. The molecule has 1 saturated heterocycles. The summed E-state index contributed by atoms with van der Waals surface area (Å²) in [6.45, 7) is 7.40. The molecular weight excluding hydrogens is 364 g/mol. The molecule has 2 N–H and O–H groups in total. The van der Waals surface area contributed by atoms with Gasteiger partial charge in [0, 0.05) is 44.0 Å². The van der Waals surface area contributed by atoms with E-state index < -0.39 is 0 Å². The van der Waals surface area contributed by atoms with Gasteiger partial charge in [-0.05, 0) is 50.1 Å². The van der Waals surface area contributed by atoms with E-state index in [9.17, 15) is 4.79 Å². The second-order valence-electron chi connectivity index (χ2n) is 7.43. The van der Waals surface area contributed by atoms with Crippen molar-refractivity contribution in [1.82, 2.24) is 25.2 Å². The zero-order valence-electron chi connectivity index (χ0n) is 16.7. The van der Waals surface area contributed by atoms with Crippen LogP contribution in [0.2, 0.25) is 0 Å². The van der Waals surface area contributed by atoms with Gasteiger partial charge in [0.05, 0.1) is 23.1 Å². The molecule has 150 valence electrons. The van der Waals surface area contributed by atoms with Crippen molar-refractivity contribution in [2.75, 3.05) is 38.0 Å². The fourth-order valence-electron chi connectivity index (χ4n) is 3.64. The maximum absolute atomic E-state index is 12.6. The second-order valence-corrected chi connectivity index (χ2v) is 7.43. The lowest BCUT2D eigenvalue weighted by molar-refractivity contribution is 0.102. The van der Waals surface area contributed by atoms with Crippen LogP contribution in [0.4, 0.5) is 5.69 Å². The highest BCUT2D eigenvalue weighted by Crippen LogP contribution is 2.23. The summed E-state index contributed by atoms with van der Waals surface area (Å²) in [5.74, 6) is -0.276. The number of aryl methyl sites for hydroxylation is 2. The van der Waals surface area contributed by atoms with Gasteiger partial charge in [-0.15, -0.1) is 0 Å². The van der Waals surface area contributed by atoms with Crippen LogP contribution in [0.15, 0.2) is 42.9 Å². The molecule has 0 saturated carbocycles. The van der Waals surface area contributed by atoms with Gasteiger partial charge in [0.1, 0.15) is 5.69 Å². The van der Waals surface area contributed by atoms with Gasteiger partial charge in [-0.3, -0.25) is 14.8 Å². The van der Waals surface area contributed by atoms with Crippen LogP contribution >= 0.6 is 0 Å². The number of hydrogen-bond acceptors (Lipinski definition) is 6. The average Bonchev–Trinajstić information content (AvgIpc) is 2.75. The highest BCUT2D eigenvalue weighted by atomic mass is 16.1. The number of pyridine rings is 1. The summed E-state index contributed by atoms with van der Waals surface area (Å²) in [4.78, 5) is 28.3. The Morgan fingerprint density at radius 2 is 2.03 bits per heavy atom. The second kappa shape index (κ2) is 9.07. The maximum atomic E-state index is 12.6. The van der Waals surface area contributed by atoms with Gasteiger partial charge in [-0.2, -0.15) is 0 Å². The number of fused-ring (bicyclic) bond motifs is 1. The molecule has 29 heavy (non-hydrogen) atoms. The SMILES string of the molecule is Cc1cc(NC(=O)c2cnc(CCCN3CCNCC3)cn2)c2ncccc2c1. The third-order valence-electron chi connectivity index (χ3n) is 5.15. The van der Waals surface area contributed by atoms with Crippen molar-refractivity contribution < 1.29 is 4.79 Å². The lowest BCUT2D eigenvalue weighted by Crippen LogP contribution is -2.43. The number of benzene rings is 1. The predicted molar refractivity (Wildman–Crippen MR) is 114 cm³/mol. The van der Waals surface area contributed by atoms with Crippen LogP contribution in [-0.2, 0) is 6.42 Å². The Kier molecular flexibility index (Phi) is 6.07. The number of amides is 1. The Bertz CT molecular complexity index is 982. The smallest absolute Gasteiger partial charge is 0.275 e. The molecule has 3 aromatic rings. The molecule has 0 spiro atoms. The first-order valence-electron chi connectivity index (χ1n) is 10.1. The normalized spacial score (nSPS) is 14.8. The minimum atomic E-state index is -0.276. The number of piperazine rings is 1. The number of nitrogens with zero attached hydrogens (tertiary/aromatic N) is 4. The predicted octanol–water partition coefficient (Wildman–Crippen LogP) is 2.42. The highest BCUT2D eigenvalue weighted by molar-refractivity contribution is 6.07. The molecule has 1 aliphatic heterocycles. The molecule has 2 aromatic heterocycles. The van der Waals surface area contributed by atoms with E-state index in [1.807, 2.05) is 31.2 Å². The van der Waals surface area contributed by atoms with Crippen LogP contribution in [-0.4, -0.2) is 58.5 Å². The van der Waals surface area contributed by atoms with Crippen LogP contribution in [0.25, 0.3) is 10.9 Å². The Morgan fingerprint density at radius 3 is 2.83 bits per heavy atom. The van der Waals surface area contributed by atoms with Crippen LogP contribution in [0.3, 0.4) is 0 Å². The quantitative estimate of drug-likeness (QED) is 0.673. The van der Waals surface area contributed by atoms with Crippen molar-refractivity contribution in [3.8, 4) is 0 Å². The van der Waals surface area contributed by atoms with Gasteiger partial charge in [0.15, 0.2) is 0 Å². The van der Waals surface area contributed by atoms with Crippen molar-refractivity contribution in [2.24, 2.45) is 0 Å². The minimum absolute atomic E-state index is 0.276. The van der Waals surface area contributed by atoms with Crippen LogP contribution in [0.1, 0.15) is 28.2 Å². The number of hydrogen-bond donors (Lipinski definition) is 2. The van der Waals surface area contributed by atoms with E-state index in [0.29, 0.717) is 11.4 Å². The van der Waals surface area contributed by atoms with E-state index >= 15 is 0 Å². The first kappa shape index (κ1) is 19.4. The Balaban J connectivity index is 1.37. The van der Waals surface area contributed by atoms with E-state index in [4.69, 9.17) is 0 Å². The van der Waals surface area contributed by atoms with Gasteiger partial charge < -0.3 is 15.5 Å². The van der Waals surface area contributed by atoms with E-state index in [0.717, 1.165) is 67.7 Å². The average molecular weight is 390 g/mol.